The molecule has 0 aliphatic heterocycles. The molecule has 1 aliphatic carbocycles. The average molecular weight is 495 g/mol. The van der Waals surface area contributed by atoms with E-state index in [9.17, 15) is 14.7 Å². The van der Waals surface area contributed by atoms with Gasteiger partial charge in [0, 0.05) is 0 Å². The zero-order valence-corrected chi connectivity index (χ0v) is 23.4. The largest absolute Gasteiger partial charge is 0.481 e. The van der Waals surface area contributed by atoms with Crippen LogP contribution in [0.5, 0.6) is 0 Å². The molecule has 0 aromatic rings. The van der Waals surface area contributed by atoms with Crippen LogP contribution in [0.2, 0.25) is 0 Å². The Morgan fingerprint density at radius 2 is 1.06 bits per heavy atom. The highest BCUT2D eigenvalue weighted by Crippen LogP contribution is 2.31. The second-order valence-electron chi connectivity index (χ2n) is 11.2. The number of carbonyl (C=O) groups excluding carboxylic acids is 1. The summed E-state index contributed by atoms with van der Waals surface area (Å²) in [6.45, 7) is 4.52. The summed E-state index contributed by atoms with van der Waals surface area (Å²) in [4.78, 5) is 24.3. The minimum atomic E-state index is -0.761. The van der Waals surface area contributed by atoms with Crippen LogP contribution in [0.15, 0.2) is 0 Å². The Labute approximate surface area is 217 Å². The normalized spacial score (nSPS) is 18.9. The Bertz CT molecular complexity index is 518. The molecule has 0 radical (unpaired) electrons. The summed E-state index contributed by atoms with van der Waals surface area (Å²) in [7, 11) is 0. The van der Waals surface area contributed by atoms with Crippen molar-refractivity contribution in [2.45, 2.75) is 174 Å². The SMILES string of the molecule is CCCCCCCCCCCCCC(CCCCCCCCC)OC(=O)C1CCCC(C(=O)O)C1. The Morgan fingerprint density at radius 1 is 0.657 bits per heavy atom. The Balaban J connectivity index is 2.30. The average Bonchev–Trinajstić information content (AvgIpc) is 2.86. The first kappa shape index (κ1) is 32.0. The van der Waals surface area contributed by atoms with Crippen molar-refractivity contribution in [2.75, 3.05) is 0 Å². The monoisotopic (exact) mass is 494 g/mol. The zero-order valence-electron chi connectivity index (χ0n) is 23.4. The van der Waals surface area contributed by atoms with Crippen molar-refractivity contribution in [3.8, 4) is 0 Å². The van der Waals surface area contributed by atoms with E-state index in [1.807, 2.05) is 0 Å². The lowest BCUT2D eigenvalue weighted by Gasteiger charge is -2.27. The summed E-state index contributed by atoms with van der Waals surface area (Å²) in [5.74, 6) is -1.50. The summed E-state index contributed by atoms with van der Waals surface area (Å²) in [6, 6.07) is 0. The highest BCUT2D eigenvalue weighted by molar-refractivity contribution is 5.75. The number of carboxylic acids is 1. The van der Waals surface area contributed by atoms with Crippen LogP contribution in [0.3, 0.4) is 0 Å². The van der Waals surface area contributed by atoms with Gasteiger partial charge >= 0.3 is 11.9 Å². The van der Waals surface area contributed by atoms with Crippen LogP contribution in [0.4, 0.5) is 0 Å². The number of unbranched alkanes of at least 4 members (excludes halogenated alkanes) is 16. The lowest BCUT2D eigenvalue weighted by molar-refractivity contribution is -0.158. The Kier molecular flexibility index (Phi) is 20.2. The zero-order chi connectivity index (χ0) is 25.6. The summed E-state index contributed by atoms with van der Waals surface area (Å²) in [6.07, 6.45) is 28.2. The van der Waals surface area contributed by atoms with E-state index in [0.717, 1.165) is 38.5 Å². The van der Waals surface area contributed by atoms with Crippen LogP contribution < -0.4 is 0 Å². The molecule has 0 spiro atoms. The maximum Gasteiger partial charge on any atom is 0.309 e. The van der Waals surface area contributed by atoms with Crippen molar-refractivity contribution < 1.29 is 19.4 Å². The van der Waals surface area contributed by atoms with Gasteiger partial charge in [-0.3, -0.25) is 9.59 Å². The Morgan fingerprint density at radius 3 is 1.49 bits per heavy atom. The summed E-state index contributed by atoms with van der Waals surface area (Å²) >= 11 is 0. The van der Waals surface area contributed by atoms with Crippen molar-refractivity contribution in [2.24, 2.45) is 11.8 Å². The molecule has 1 rings (SSSR count). The number of carboxylic acid groups (broad SMARTS) is 1. The van der Waals surface area contributed by atoms with Gasteiger partial charge in [0.05, 0.1) is 11.8 Å². The summed E-state index contributed by atoms with van der Waals surface area (Å²) in [5, 5.41) is 9.36. The number of carbonyl (C=O) groups is 2. The fraction of sp³-hybridized carbons (Fsp3) is 0.935. The van der Waals surface area contributed by atoms with Gasteiger partial charge in [-0.1, -0.05) is 123 Å². The quantitative estimate of drug-likeness (QED) is 0.113. The molecule has 3 atom stereocenters. The van der Waals surface area contributed by atoms with E-state index in [1.54, 1.807) is 0 Å². The van der Waals surface area contributed by atoms with Gasteiger partial charge in [0.25, 0.3) is 0 Å². The molecule has 1 fully saturated rings. The predicted octanol–water partition coefficient (Wildman–Crippen LogP) is 9.63. The summed E-state index contributed by atoms with van der Waals surface area (Å²) in [5.41, 5.74) is 0. The smallest absolute Gasteiger partial charge is 0.309 e. The molecule has 0 bridgehead atoms. The molecule has 1 saturated carbocycles. The van der Waals surface area contributed by atoms with E-state index in [1.165, 1.54) is 103 Å². The number of ether oxygens (including phenoxy) is 1. The second kappa shape index (κ2) is 22.2. The van der Waals surface area contributed by atoms with Gasteiger partial charge in [-0.25, -0.2) is 0 Å². The fourth-order valence-corrected chi connectivity index (χ4v) is 5.52. The van der Waals surface area contributed by atoms with Gasteiger partial charge in [0.2, 0.25) is 0 Å². The second-order valence-corrected chi connectivity index (χ2v) is 11.2. The molecule has 0 heterocycles. The van der Waals surface area contributed by atoms with Crippen LogP contribution >= 0.6 is 0 Å². The van der Waals surface area contributed by atoms with Gasteiger partial charge in [-0.05, 0) is 44.9 Å². The molecule has 0 saturated heterocycles. The molecule has 3 unspecified atom stereocenters. The highest BCUT2D eigenvalue weighted by atomic mass is 16.5. The Hall–Kier alpha value is -1.06. The molecule has 4 heteroatoms. The van der Waals surface area contributed by atoms with Gasteiger partial charge in [0.15, 0.2) is 0 Å². The molecule has 4 nitrogen and oxygen atoms in total. The van der Waals surface area contributed by atoms with Crippen LogP contribution in [0.1, 0.15) is 168 Å². The number of hydrogen-bond acceptors (Lipinski definition) is 3. The minimum Gasteiger partial charge on any atom is -0.481 e. The first-order valence-corrected chi connectivity index (χ1v) is 15.5. The van der Waals surface area contributed by atoms with Crippen molar-refractivity contribution in [3.05, 3.63) is 0 Å². The molecule has 1 aliphatic rings. The van der Waals surface area contributed by atoms with Gasteiger partial charge in [-0.2, -0.15) is 0 Å². The number of esters is 1. The fourth-order valence-electron chi connectivity index (χ4n) is 5.52. The molecular formula is C31H58O4. The maximum absolute atomic E-state index is 12.9. The van der Waals surface area contributed by atoms with Crippen LogP contribution in [-0.2, 0) is 14.3 Å². The van der Waals surface area contributed by atoms with Crippen LogP contribution in [-0.4, -0.2) is 23.1 Å². The third kappa shape index (κ3) is 17.1. The third-order valence-corrected chi connectivity index (χ3v) is 7.90. The minimum absolute atomic E-state index is 0.0157. The standard InChI is InChI=1S/C31H58O4/c1-3-5-7-9-11-12-13-14-16-18-20-25-29(24-19-17-15-10-8-6-4-2)35-31(34)28-23-21-22-27(26-28)30(32)33/h27-29H,3-26H2,1-2H3,(H,32,33). The predicted molar refractivity (Wildman–Crippen MR) is 147 cm³/mol. The van der Waals surface area contributed by atoms with Gasteiger partial charge < -0.3 is 9.84 Å². The molecule has 0 aromatic carbocycles. The van der Waals surface area contributed by atoms with E-state index in [0.29, 0.717) is 12.8 Å². The van der Waals surface area contributed by atoms with E-state index in [4.69, 9.17) is 4.74 Å². The highest BCUT2D eigenvalue weighted by Gasteiger charge is 2.32. The maximum atomic E-state index is 12.9. The van der Waals surface area contributed by atoms with E-state index in [-0.39, 0.29) is 23.9 Å². The molecule has 1 N–H and O–H groups in total. The molecular weight excluding hydrogens is 436 g/mol. The first-order valence-electron chi connectivity index (χ1n) is 15.5. The van der Waals surface area contributed by atoms with Crippen molar-refractivity contribution in [1.82, 2.24) is 0 Å². The van der Waals surface area contributed by atoms with Crippen molar-refractivity contribution >= 4 is 11.9 Å². The topological polar surface area (TPSA) is 63.6 Å². The third-order valence-electron chi connectivity index (χ3n) is 7.90. The summed E-state index contributed by atoms with van der Waals surface area (Å²) < 4.78 is 6.02. The van der Waals surface area contributed by atoms with Crippen LogP contribution in [0.25, 0.3) is 0 Å². The number of aliphatic carboxylic acids is 1. The molecule has 206 valence electrons. The number of hydrogen-bond donors (Lipinski definition) is 1. The van der Waals surface area contributed by atoms with Crippen molar-refractivity contribution in [3.63, 3.8) is 0 Å². The molecule has 0 aromatic heterocycles. The van der Waals surface area contributed by atoms with E-state index >= 15 is 0 Å². The molecule has 0 amide bonds. The lowest BCUT2D eigenvalue weighted by atomic mass is 9.81. The van der Waals surface area contributed by atoms with Crippen LogP contribution in [0, 0.1) is 11.8 Å². The van der Waals surface area contributed by atoms with E-state index < -0.39 is 5.97 Å². The van der Waals surface area contributed by atoms with Crippen molar-refractivity contribution in [1.29, 1.82) is 0 Å². The van der Waals surface area contributed by atoms with Gasteiger partial charge in [-0.15, -0.1) is 0 Å². The van der Waals surface area contributed by atoms with Gasteiger partial charge in [0.1, 0.15) is 6.10 Å². The first-order chi connectivity index (χ1) is 17.1. The lowest BCUT2D eigenvalue weighted by Crippen LogP contribution is -2.31. The molecule has 35 heavy (non-hydrogen) atoms. The van der Waals surface area contributed by atoms with E-state index in [2.05, 4.69) is 13.8 Å². The number of rotatable bonds is 23.